The van der Waals surface area contributed by atoms with Gasteiger partial charge in [-0.2, -0.15) is 0 Å². The molecule has 0 saturated carbocycles. The number of carbonyl (C=O) groups excluding carboxylic acids is 1. The Hall–Kier alpha value is -1.85. The summed E-state index contributed by atoms with van der Waals surface area (Å²) in [6.45, 7) is 6.70. The molecular formula is C14H21N3O3. The van der Waals surface area contributed by atoms with Crippen molar-refractivity contribution in [3.05, 3.63) is 18.5 Å². The van der Waals surface area contributed by atoms with Crippen molar-refractivity contribution in [1.29, 1.82) is 0 Å². The number of aromatic nitrogens is 2. The van der Waals surface area contributed by atoms with Gasteiger partial charge in [-0.3, -0.25) is 0 Å². The molecule has 1 saturated heterocycles. The van der Waals surface area contributed by atoms with E-state index in [1.807, 2.05) is 20.8 Å². The number of hydrogen-bond donors (Lipinski definition) is 0. The molecule has 1 aliphatic heterocycles. The first-order chi connectivity index (χ1) is 9.46. The molecule has 0 bridgehead atoms. The molecule has 0 radical (unpaired) electrons. The van der Waals surface area contributed by atoms with E-state index < -0.39 is 5.60 Å². The average Bonchev–Trinajstić information content (AvgIpc) is 2.84. The summed E-state index contributed by atoms with van der Waals surface area (Å²) in [7, 11) is 0. The van der Waals surface area contributed by atoms with Crippen LogP contribution < -0.4 is 4.74 Å². The molecule has 0 spiro atoms. The Morgan fingerprint density at radius 1 is 1.40 bits per heavy atom. The molecule has 110 valence electrons. The highest BCUT2D eigenvalue weighted by atomic mass is 16.6. The van der Waals surface area contributed by atoms with E-state index in [0.29, 0.717) is 19.2 Å². The van der Waals surface area contributed by atoms with Crippen LogP contribution in [0.4, 0.5) is 4.79 Å². The maximum atomic E-state index is 12.1. The van der Waals surface area contributed by atoms with E-state index in [9.17, 15) is 4.79 Å². The lowest BCUT2D eigenvalue weighted by Crippen LogP contribution is -2.42. The van der Waals surface area contributed by atoms with Gasteiger partial charge < -0.3 is 14.4 Å². The van der Waals surface area contributed by atoms with Crippen molar-refractivity contribution in [2.45, 2.75) is 45.3 Å². The molecule has 0 aliphatic carbocycles. The van der Waals surface area contributed by atoms with Gasteiger partial charge in [-0.1, -0.05) is 0 Å². The summed E-state index contributed by atoms with van der Waals surface area (Å²) in [6, 6.07) is 2.09. The third kappa shape index (κ3) is 4.08. The summed E-state index contributed by atoms with van der Waals surface area (Å²) in [5.41, 5.74) is -0.479. The predicted molar refractivity (Wildman–Crippen MR) is 73.5 cm³/mol. The Balaban J connectivity index is 1.89. The Labute approximate surface area is 119 Å². The number of carbonyl (C=O) groups is 1. The summed E-state index contributed by atoms with van der Waals surface area (Å²) in [6.07, 6.45) is 4.85. The number of rotatable bonds is 3. The van der Waals surface area contributed by atoms with Gasteiger partial charge in [0.05, 0.1) is 6.04 Å². The van der Waals surface area contributed by atoms with Crippen molar-refractivity contribution in [3.8, 4) is 6.01 Å². The van der Waals surface area contributed by atoms with Crippen LogP contribution >= 0.6 is 0 Å². The van der Waals surface area contributed by atoms with E-state index in [4.69, 9.17) is 9.47 Å². The smallest absolute Gasteiger partial charge is 0.410 e. The monoisotopic (exact) mass is 279 g/mol. The van der Waals surface area contributed by atoms with Gasteiger partial charge in [-0.15, -0.1) is 0 Å². The first kappa shape index (κ1) is 14.6. The summed E-state index contributed by atoms with van der Waals surface area (Å²) < 4.78 is 10.9. The fourth-order valence-corrected chi connectivity index (χ4v) is 2.10. The Morgan fingerprint density at radius 3 is 2.75 bits per heavy atom. The average molecular weight is 279 g/mol. The topological polar surface area (TPSA) is 64.5 Å². The molecule has 1 amide bonds. The van der Waals surface area contributed by atoms with Crippen LogP contribution in [-0.4, -0.2) is 45.8 Å². The molecule has 1 aliphatic rings. The molecule has 0 unspecified atom stereocenters. The molecule has 0 aromatic carbocycles. The lowest BCUT2D eigenvalue weighted by Gasteiger charge is -2.28. The van der Waals surface area contributed by atoms with Crippen LogP contribution in [0.15, 0.2) is 18.5 Å². The zero-order valence-electron chi connectivity index (χ0n) is 12.2. The highest BCUT2D eigenvalue weighted by molar-refractivity contribution is 5.68. The number of likely N-dealkylation sites (tertiary alicyclic amines) is 1. The number of amides is 1. The quantitative estimate of drug-likeness (QED) is 0.849. The lowest BCUT2D eigenvalue weighted by molar-refractivity contribution is 0.0184. The minimum Gasteiger partial charge on any atom is -0.461 e. The first-order valence-corrected chi connectivity index (χ1v) is 6.85. The van der Waals surface area contributed by atoms with Crippen LogP contribution in [0.3, 0.4) is 0 Å². The van der Waals surface area contributed by atoms with E-state index in [2.05, 4.69) is 9.97 Å². The maximum Gasteiger partial charge on any atom is 0.410 e. The van der Waals surface area contributed by atoms with Gasteiger partial charge in [0.2, 0.25) is 0 Å². The third-order valence-corrected chi connectivity index (χ3v) is 2.95. The van der Waals surface area contributed by atoms with Crippen LogP contribution in [0.5, 0.6) is 6.01 Å². The second-order valence-corrected chi connectivity index (χ2v) is 5.81. The lowest BCUT2D eigenvalue weighted by atomic mass is 10.2. The zero-order chi connectivity index (χ0) is 14.6. The normalized spacial score (nSPS) is 18.9. The largest absolute Gasteiger partial charge is 0.461 e. The van der Waals surface area contributed by atoms with Crippen LogP contribution in [0.2, 0.25) is 0 Å². The van der Waals surface area contributed by atoms with Crippen molar-refractivity contribution in [2.24, 2.45) is 0 Å². The predicted octanol–water partition coefficient (Wildman–Crippen LogP) is 2.25. The molecule has 1 aromatic rings. The Kier molecular flexibility index (Phi) is 4.42. The van der Waals surface area contributed by atoms with Crippen LogP contribution in [0, 0.1) is 0 Å². The SMILES string of the molecule is CC(C)(C)OC(=O)N1CCC[C@H]1COc1ncccn1. The standard InChI is InChI=1S/C14H21N3O3/c1-14(2,3)20-13(18)17-9-4-6-11(17)10-19-12-15-7-5-8-16-12/h5,7-8,11H,4,6,9-10H2,1-3H3/t11-/m0/s1. The second-order valence-electron chi connectivity index (χ2n) is 5.81. The fourth-order valence-electron chi connectivity index (χ4n) is 2.10. The molecule has 20 heavy (non-hydrogen) atoms. The molecule has 1 atom stereocenters. The number of hydrogen-bond acceptors (Lipinski definition) is 5. The minimum absolute atomic E-state index is 0.0219. The minimum atomic E-state index is -0.479. The zero-order valence-corrected chi connectivity index (χ0v) is 12.2. The molecule has 6 heteroatoms. The fraction of sp³-hybridized carbons (Fsp3) is 0.643. The first-order valence-electron chi connectivity index (χ1n) is 6.85. The molecule has 2 heterocycles. The number of ether oxygens (including phenoxy) is 2. The van der Waals surface area contributed by atoms with Crippen LogP contribution in [0.1, 0.15) is 33.6 Å². The van der Waals surface area contributed by atoms with E-state index >= 15 is 0 Å². The van der Waals surface area contributed by atoms with Gasteiger partial charge in [0, 0.05) is 18.9 Å². The molecule has 0 N–H and O–H groups in total. The van der Waals surface area contributed by atoms with Crippen molar-refractivity contribution < 1.29 is 14.3 Å². The van der Waals surface area contributed by atoms with E-state index in [1.54, 1.807) is 23.4 Å². The Morgan fingerprint density at radius 2 is 2.10 bits per heavy atom. The summed E-state index contributed by atoms with van der Waals surface area (Å²) in [5.74, 6) is 0. The van der Waals surface area contributed by atoms with Gasteiger partial charge >= 0.3 is 12.1 Å². The Bertz CT molecular complexity index is 445. The molecule has 6 nitrogen and oxygen atoms in total. The van der Waals surface area contributed by atoms with Crippen molar-refractivity contribution >= 4 is 6.09 Å². The summed E-state index contributed by atoms with van der Waals surface area (Å²) in [5, 5.41) is 0. The second kappa shape index (κ2) is 6.07. The van der Waals surface area contributed by atoms with E-state index in [0.717, 1.165) is 12.8 Å². The summed E-state index contributed by atoms with van der Waals surface area (Å²) in [4.78, 5) is 21.8. The highest BCUT2D eigenvalue weighted by Crippen LogP contribution is 2.21. The van der Waals surface area contributed by atoms with Crippen molar-refractivity contribution in [2.75, 3.05) is 13.2 Å². The third-order valence-electron chi connectivity index (χ3n) is 2.95. The highest BCUT2D eigenvalue weighted by Gasteiger charge is 2.32. The molecule has 1 fully saturated rings. The van der Waals surface area contributed by atoms with Gasteiger partial charge in [0.15, 0.2) is 0 Å². The van der Waals surface area contributed by atoms with Gasteiger partial charge in [0.25, 0.3) is 0 Å². The molecule has 1 aromatic heterocycles. The number of nitrogens with zero attached hydrogens (tertiary/aromatic N) is 3. The maximum absolute atomic E-state index is 12.1. The molecular weight excluding hydrogens is 258 g/mol. The van der Waals surface area contributed by atoms with Crippen molar-refractivity contribution in [1.82, 2.24) is 14.9 Å². The summed E-state index contributed by atoms with van der Waals surface area (Å²) >= 11 is 0. The van der Waals surface area contributed by atoms with Crippen LogP contribution in [-0.2, 0) is 4.74 Å². The van der Waals surface area contributed by atoms with Crippen LogP contribution in [0.25, 0.3) is 0 Å². The van der Waals surface area contributed by atoms with Gasteiger partial charge in [-0.25, -0.2) is 14.8 Å². The van der Waals surface area contributed by atoms with E-state index in [1.165, 1.54) is 0 Å². The van der Waals surface area contributed by atoms with Gasteiger partial charge in [0.1, 0.15) is 12.2 Å². The van der Waals surface area contributed by atoms with E-state index in [-0.39, 0.29) is 12.1 Å². The molecule has 2 rings (SSSR count). The van der Waals surface area contributed by atoms with Crippen molar-refractivity contribution in [3.63, 3.8) is 0 Å². The van der Waals surface area contributed by atoms with Gasteiger partial charge in [-0.05, 0) is 39.7 Å².